The maximum Gasteiger partial charge on any atom is 0.355 e. The molecule has 2 aromatic rings. The molecule has 0 aliphatic carbocycles. The van der Waals surface area contributed by atoms with Crippen molar-refractivity contribution in [3.63, 3.8) is 0 Å². The summed E-state index contributed by atoms with van der Waals surface area (Å²) in [5.41, 5.74) is 5.45. The number of hydrogen-bond acceptors (Lipinski definition) is 4. The topological polar surface area (TPSA) is 89.1 Å². The number of benzene rings is 1. The number of nitrogen functional groups attached to an aromatic ring is 1. The summed E-state index contributed by atoms with van der Waals surface area (Å²) in [7, 11) is 0. The van der Waals surface area contributed by atoms with Crippen molar-refractivity contribution in [3.8, 4) is 0 Å². The molecule has 16 heavy (non-hydrogen) atoms. The number of aromatic carboxylic acids is 1. The van der Waals surface area contributed by atoms with Gasteiger partial charge in [0.15, 0.2) is 5.69 Å². The van der Waals surface area contributed by atoms with Crippen molar-refractivity contribution >= 4 is 46.0 Å². The standard InChI is InChI=1S/C9H5Cl2N3O2/c10-3-1-4-6(5(11)2-3)13-9(12)14-7(4)8(15)16/h1-2H,(H,15,16)(H2,12,13,14). The first-order valence-corrected chi connectivity index (χ1v) is 4.90. The molecule has 0 amide bonds. The van der Waals surface area contributed by atoms with E-state index >= 15 is 0 Å². The van der Waals surface area contributed by atoms with Crippen LogP contribution in [0.2, 0.25) is 10.0 Å². The van der Waals surface area contributed by atoms with E-state index < -0.39 is 5.97 Å². The fourth-order valence-corrected chi connectivity index (χ4v) is 1.87. The summed E-state index contributed by atoms with van der Waals surface area (Å²) in [5.74, 6) is -1.36. The number of anilines is 1. The van der Waals surface area contributed by atoms with Gasteiger partial charge in [0, 0.05) is 10.4 Å². The summed E-state index contributed by atoms with van der Waals surface area (Å²) in [4.78, 5) is 18.5. The van der Waals surface area contributed by atoms with Crippen LogP contribution in [0.5, 0.6) is 0 Å². The highest BCUT2D eigenvalue weighted by atomic mass is 35.5. The zero-order valence-corrected chi connectivity index (χ0v) is 9.25. The Hall–Kier alpha value is -1.59. The minimum atomic E-state index is -1.21. The predicted molar refractivity (Wildman–Crippen MR) is 60.9 cm³/mol. The lowest BCUT2D eigenvalue weighted by atomic mass is 10.2. The smallest absolute Gasteiger partial charge is 0.355 e. The van der Waals surface area contributed by atoms with Crippen molar-refractivity contribution in [1.29, 1.82) is 0 Å². The fraction of sp³-hybridized carbons (Fsp3) is 0. The number of carbonyl (C=O) groups is 1. The molecule has 1 aromatic carbocycles. The molecule has 82 valence electrons. The van der Waals surface area contributed by atoms with Crippen LogP contribution in [0.1, 0.15) is 10.5 Å². The van der Waals surface area contributed by atoms with Gasteiger partial charge in [-0.1, -0.05) is 23.2 Å². The van der Waals surface area contributed by atoms with Gasteiger partial charge in [0.2, 0.25) is 5.95 Å². The second-order valence-corrected chi connectivity index (χ2v) is 3.86. The molecule has 0 atom stereocenters. The summed E-state index contributed by atoms with van der Waals surface area (Å²) >= 11 is 11.7. The van der Waals surface area contributed by atoms with Gasteiger partial charge in [0.25, 0.3) is 0 Å². The maximum atomic E-state index is 11.0. The summed E-state index contributed by atoms with van der Waals surface area (Å²) in [5, 5.41) is 9.77. The van der Waals surface area contributed by atoms with Crippen LogP contribution in [0.25, 0.3) is 10.9 Å². The average molecular weight is 258 g/mol. The minimum absolute atomic E-state index is 0.144. The van der Waals surface area contributed by atoms with Crippen LogP contribution >= 0.6 is 23.2 Å². The molecule has 0 saturated heterocycles. The molecular formula is C9H5Cl2N3O2. The average Bonchev–Trinajstić information content (AvgIpc) is 2.18. The Labute approximate surface area is 99.8 Å². The molecular weight excluding hydrogens is 253 g/mol. The van der Waals surface area contributed by atoms with Crippen LogP contribution in [0.3, 0.4) is 0 Å². The van der Waals surface area contributed by atoms with Gasteiger partial charge in [-0.05, 0) is 12.1 Å². The van der Waals surface area contributed by atoms with Crippen molar-refractivity contribution < 1.29 is 9.90 Å². The monoisotopic (exact) mass is 257 g/mol. The van der Waals surface area contributed by atoms with Crippen molar-refractivity contribution in [1.82, 2.24) is 9.97 Å². The highest BCUT2D eigenvalue weighted by Crippen LogP contribution is 2.28. The van der Waals surface area contributed by atoms with Gasteiger partial charge in [0.05, 0.1) is 10.5 Å². The molecule has 0 saturated carbocycles. The van der Waals surface area contributed by atoms with Crippen molar-refractivity contribution in [2.45, 2.75) is 0 Å². The SMILES string of the molecule is Nc1nc(C(=O)O)c2cc(Cl)cc(Cl)c2n1. The Balaban J connectivity index is 2.95. The Bertz CT molecular complexity index is 601. The number of nitrogens with two attached hydrogens (primary N) is 1. The van der Waals surface area contributed by atoms with Gasteiger partial charge < -0.3 is 10.8 Å². The second-order valence-electron chi connectivity index (χ2n) is 3.02. The largest absolute Gasteiger partial charge is 0.476 e. The van der Waals surface area contributed by atoms with Crippen LogP contribution in [0.15, 0.2) is 12.1 Å². The van der Waals surface area contributed by atoms with Crippen molar-refractivity contribution in [2.75, 3.05) is 5.73 Å². The second kappa shape index (κ2) is 3.77. The molecule has 0 radical (unpaired) electrons. The molecule has 1 aromatic heterocycles. The third kappa shape index (κ3) is 1.75. The van der Waals surface area contributed by atoms with Gasteiger partial charge in [-0.2, -0.15) is 0 Å². The molecule has 0 aliphatic heterocycles. The number of halogens is 2. The van der Waals surface area contributed by atoms with E-state index in [2.05, 4.69) is 9.97 Å². The van der Waals surface area contributed by atoms with Gasteiger partial charge in [-0.25, -0.2) is 14.8 Å². The zero-order chi connectivity index (χ0) is 11.9. The van der Waals surface area contributed by atoms with E-state index in [9.17, 15) is 4.79 Å². The molecule has 2 rings (SSSR count). The van der Waals surface area contributed by atoms with Gasteiger partial charge >= 0.3 is 5.97 Å². The predicted octanol–water partition coefficient (Wildman–Crippen LogP) is 2.22. The lowest BCUT2D eigenvalue weighted by Crippen LogP contribution is -2.06. The van der Waals surface area contributed by atoms with E-state index in [1.54, 1.807) is 0 Å². The van der Waals surface area contributed by atoms with E-state index in [1.807, 2.05) is 0 Å². The normalized spacial score (nSPS) is 10.6. The maximum absolute atomic E-state index is 11.0. The molecule has 0 bridgehead atoms. The molecule has 1 heterocycles. The number of nitrogens with zero attached hydrogens (tertiary/aromatic N) is 2. The van der Waals surface area contributed by atoms with E-state index in [0.717, 1.165) is 0 Å². The zero-order valence-electron chi connectivity index (χ0n) is 7.74. The highest BCUT2D eigenvalue weighted by Gasteiger charge is 2.15. The molecule has 0 unspecified atom stereocenters. The van der Waals surface area contributed by atoms with Crippen LogP contribution in [0.4, 0.5) is 5.95 Å². The third-order valence-corrected chi connectivity index (χ3v) is 2.44. The highest BCUT2D eigenvalue weighted by molar-refractivity contribution is 6.38. The minimum Gasteiger partial charge on any atom is -0.476 e. The van der Waals surface area contributed by atoms with Crippen LogP contribution in [-0.2, 0) is 0 Å². The summed E-state index contributed by atoms with van der Waals surface area (Å²) in [6.45, 7) is 0. The number of fused-ring (bicyclic) bond motifs is 1. The summed E-state index contributed by atoms with van der Waals surface area (Å²) in [6.07, 6.45) is 0. The third-order valence-electron chi connectivity index (χ3n) is 1.94. The van der Waals surface area contributed by atoms with Gasteiger partial charge in [0.1, 0.15) is 0 Å². The molecule has 0 aliphatic rings. The van der Waals surface area contributed by atoms with Crippen molar-refractivity contribution in [2.24, 2.45) is 0 Å². The molecule has 7 heteroatoms. The first kappa shape index (κ1) is 10.9. The Morgan fingerprint density at radius 1 is 1.31 bits per heavy atom. The quantitative estimate of drug-likeness (QED) is 0.818. The molecule has 0 fully saturated rings. The van der Waals surface area contributed by atoms with Crippen LogP contribution in [-0.4, -0.2) is 21.0 Å². The first-order chi connectivity index (χ1) is 7.49. The number of hydrogen-bond donors (Lipinski definition) is 2. The Morgan fingerprint density at radius 2 is 2.00 bits per heavy atom. The lowest BCUT2D eigenvalue weighted by Gasteiger charge is -2.04. The van der Waals surface area contributed by atoms with Crippen molar-refractivity contribution in [3.05, 3.63) is 27.9 Å². The molecule has 5 nitrogen and oxygen atoms in total. The fourth-order valence-electron chi connectivity index (χ4n) is 1.34. The van der Waals surface area contributed by atoms with Gasteiger partial charge in [-0.15, -0.1) is 0 Å². The molecule has 3 N–H and O–H groups in total. The van der Waals surface area contributed by atoms with E-state index in [-0.39, 0.29) is 27.6 Å². The summed E-state index contributed by atoms with van der Waals surface area (Å²) < 4.78 is 0. The molecule has 0 spiro atoms. The van der Waals surface area contributed by atoms with Crippen LogP contribution in [0, 0.1) is 0 Å². The van der Waals surface area contributed by atoms with Gasteiger partial charge in [-0.3, -0.25) is 0 Å². The Morgan fingerprint density at radius 3 is 2.62 bits per heavy atom. The summed E-state index contributed by atoms with van der Waals surface area (Å²) in [6, 6.07) is 2.90. The van der Waals surface area contributed by atoms with E-state index in [4.69, 9.17) is 34.0 Å². The van der Waals surface area contributed by atoms with Crippen LogP contribution < -0.4 is 5.73 Å². The first-order valence-electron chi connectivity index (χ1n) is 4.14. The van der Waals surface area contributed by atoms with E-state index in [0.29, 0.717) is 5.02 Å². The number of rotatable bonds is 1. The number of carboxylic acids is 1. The number of carboxylic acid groups (broad SMARTS) is 1. The van der Waals surface area contributed by atoms with E-state index in [1.165, 1.54) is 12.1 Å². The lowest BCUT2D eigenvalue weighted by molar-refractivity contribution is 0.0693. The number of aromatic nitrogens is 2. The Kier molecular flexibility index (Phi) is 2.57.